The number of aliphatic hydroxyl groups is 2. The van der Waals surface area contributed by atoms with E-state index in [2.05, 4.69) is 10.6 Å². The first-order valence-corrected chi connectivity index (χ1v) is 23.3. The van der Waals surface area contributed by atoms with Crippen LogP contribution in [0, 0.1) is 29.6 Å². The van der Waals surface area contributed by atoms with E-state index >= 15 is 0 Å². The van der Waals surface area contributed by atoms with E-state index in [1.807, 2.05) is 41.5 Å². The smallest absolute Gasteiger partial charge is 0.324 e. The average molecular weight is 918 g/mol. The van der Waals surface area contributed by atoms with Crippen molar-refractivity contribution in [2.45, 2.75) is 176 Å². The molecule has 0 radical (unpaired) electrons. The summed E-state index contributed by atoms with van der Waals surface area (Å²) in [5.41, 5.74) is 6.34. The number of primary amides is 1. The monoisotopic (exact) mass is 918 g/mol. The summed E-state index contributed by atoms with van der Waals surface area (Å²) in [5.74, 6) is -5.58. The van der Waals surface area contributed by atoms with Crippen molar-refractivity contribution in [1.29, 1.82) is 0 Å². The summed E-state index contributed by atoms with van der Waals surface area (Å²) < 4.78 is 16.6. The molecule has 10 atom stereocenters. The number of nitrogens with two attached hydrogens (primary N) is 1. The van der Waals surface area contributed by atoms with Crippen LogP contribution in [0.15, 0.2) is 24.3 Å². The predicted octanol–water partition coefficient (Wildman–Crippen LogP) is 3.68. The molecule has 368 valence electrons. The standard InChI is InChI=1S/C48H79N5O12/c1-13-30(8)24-34(54)26-40(56)65-43(29(6)7)42(57)31(9)45(59)50-36(23-28(4)5)46(60)53-22-14-15-37(53)47(61)52(11)38(25-33-17-19-35(63-12)20-18-33)48(62)64-32(10)41(44(49)58)51-39(55)21-16-27(2)3/h17-20,27-32,34,36-38,41,43,47,54,61H,13-16,21-26H2,1-12H3,(H2,49,58)(H,50,59)(H,51,55)/t30-,31-,32+,34+,36-,37-,38-,41-,43-,47?/m0/s1. The molecule has 0 bridgehead atoms. The van der Waals surface area contributed by atoms with Crippen molar-refractivity contribution in [3.63, 3.8) is 0 Å². The molecule has 1 aliphatic rings. The van der Waals surface area contributed by atoms with Gasteiger partial charge in [-0.05, 0) is 101 Å². The number of nitrogens with one attached hydrogen (secondary N) is 2. The van der Waals surface area contributed by atoms with E-state index in [4.69, 9.17) is 19.9 Å². The molecule has 17 nitrogen and oxygen atoms in total. The van der Waals surface area contributed by atoms with Crippen LogP contribution in [0.4, 0.5) is 0 Å². The number of esters is 2. The second-order valence-corrected chi connectivity index (χ2v) is 19.0. The predicted molar refractivity (Wildman–Crippen MR) is 245 cm³/mol. The van der Waals surface area contributed by atoms with E-state index in [0.29, 0.717) is 37.0 Å². The number of ether oxygens (including phenoxy) is 3. The summed E-state index contributed by atoms with van der Waals surface area (Å²) in [5, 5.41) is 27.8. The summed E-state index contributed by atoms with van der Waals surface area (Å²) in [4.78, 5) is 97.0. The summed E-state index contributed by atoms with van der Waals surface area (Å²) in [6.45, 7) is 18.1. The molecule has 0 aromatic heterocycles. The number of ketones is 1. The minimum Gasteiger partial charge on any atom is -0.497 e. The van der Waals surface area contributed by atoms with Crippen molar-refractivity contribution in [2.75, 3.05) is 20.7 Å². The lowest BCUT2D eigenvalue weighted by atomic mass is 9.92. The molecule has 1 unspecified atom stereocenters. The zero-order chi connectivity index (χ0) is 49.3. The summed E-state index contributed by atoms with van der Waals surface area (Å²) in [6, 6.07) is 2.55. The van der Waals surface area contributed by atoms with E-state index in [-0.39, 0.29) is 50.0 Å². The lowest BCUT2D eigenvalue weighted by Gasteiger charge is -2.39. The average Bonchev–Trinajstić information content (AvgIpc) is 3.74. The third-order valence-corrected chi connectivity index (χ3v) is 12.1. The van der Waals surface area contributed by atoms with Gasteiger partial charge in [-0.1, -0.05) is 73.9 Å². The van der Waals surface area contributed by atoms with Crippen LogP contribution in [0.3, 0.4) is 0 Å². The Bertz CT molecular complexity index is 1720. The van der Waals surface area contributed by atoms with Gasteiger partial charge in [0, 0.05) is 13.0 Å². The van der Waals surface area contributed by atoms with Gasteiger partial charge in [0.2, 0.25) is 23.6 Å². The molecule has 0 aliphatic carbocycles. The fraction of sp³-hybridized carbons (Fsp3) is 0.729. The highest BCUT2D eigenvalue weighted by molar-refractivity contribution is 6.04. The Labute approximate surface area is 386 Å². The van der Waals surface area contributed by atoms with Gasteiger partial charge in [0.25, 0.3) is 0 Å². The second-order valence-electron chi connectivity index (χ2n) is 19.0. The number of hydrogen-bond acceptors (Lipinski definition) is 13. The molecular formula is C48H79N5O12. The van der Waals surface area contributed by atoms with Crippen molar-refractivity contribution in [3.8, 4) is 5.75 Å². The Morgan fingerprint density at radius 1 is 0.892 bits per heavy atom. The summed E-state index contributed by atoms with van der Waals surface area (Å²) >= 11 is 0. The van der Waals surface area contributed by atoms with Crippen LogP contribution in [0.5, 0.6) is 5.75 Å². The third-order valence-electron chi connectivity index (χ3n) is 12.1. The topological polar surface area (TPSA) is 244 Å². The van der Waals surface area contributed by atoms with Crippen molar-refractivity contribution in [1.82, 2.24) is 20.4 Å². The molecule has 4 amide bonds. The van der Waals surface area contributed by atoms with Crippen LogP contribution in [-0.4, -0.2) is 131 Å². The van der Waals surface area contributed by atoms with E-state index in [1.165, 1.54) is 37.8 Å². The Kier molecular flexibility index (Phi) is 23.6. The number of amides is 4. The molecule has 2 rings (SSSR count). The van der Waals surface area contributed by atoms with Crippen molar-refractivity contribution in [2.24, 2.45) is 35.3 Å². The molecule has 0 spiro atoms. The van der Waals surface area contributed by atoms with Crippen LogP contribution < -0.4 is 21.1 Å². The molecule has 1 aromatic rings. The quantitative estimate of drug-likeness (QED) is 0.0458. The molecule has 1 fully saturated rings. The zero-order valence-corrected chi connectivity index (χ0v) is 40.8. The lowest BCUT2D eigenvalue weighted by molar-refractivity contribution is -0.164. The molecular weight excluding hydrogens is 839 g/mol. The van der Waals surface area contributed by atoms with Gasteiger partial charge in [-0.15, -0.1) is 0 Å². The molecule has 6 N–H and O–H groups in total. The first-order chi connectivity index (χ1) is 30.4. The minimum atomic E-state index is -1.42. The SMILES string of the molecule is CC[C@H](C)C[C@@H](O)CC(=O)O[C@H](C(=O)[C@H](C)C(=O)N[C@@H](CC(C)C)C(=O)N1CCC[C@H]1C(O)N(C)[C@@H](Cc1ccc(OC)cc1)C(=O)O[C@H](C)[C@H](NC(=O)CCC(C)C)C(N)=O)C(C)C. The van der Waals surface area contributed by atoms with Crippen molar-refractivity contribution in [3.05, 3.63) is 29.8 Å². The van der Waals surface area contributed by atoms with Crippen LogP contribution in [-0.2, 0) is 49.5 Å². The van der Waals surface area contributed by atoms with Crippen LogP contribution in [0.25, 0.3) is 0 Å². The van der Waals surface area contributed by atoms with E-state index in [9.17, 15) is 43.8 Å². The Morgan fingerprint density at radius 2 is 1.52 bits per heavy atom. The normalized spacial score (nSPS) is 18.2. The first-order valence-electron chi connectivity index (χ1n) is 23.3. The van der Waals surface area contributed by atoms with Gasteiger partial charge >= 0.3 is 11.9 Å². The number of methoxy groups -OCH3 is 1. The summed E-state index contributed by atoms with van der Waals surface area (Å²) in [7, 11) is 3.05. The molecule has 1 heterocycles. The van der Waals surface area contributed by atoms with Crippen molar-refractivity contribution < 1.29 is 58.0 Å². The molecule has 1 aliphatic heterocycles. The van der Waals surface area contributed by atoms with Gasteiger partial charge in [0.05, 0.1) is 31.6 Å². The number of Topliss-reactive ketones (excluding diaryl/α,β-unsaturated/α-hetero) is 1. The fourth-order valence-corrected chi connectivity index (χ4v) is 7.81. The molecule has 1 aromatic carbocycles. The highest BCUT2D eigenvalue weighted by atomic mass is 16.6. The van der Waals surface area contributed by atoms with Gasteiger partial charge in [0.1, 0.15) is 36.2 Å². The molecule has 1 saturated heterocycles. The van der Waals surface area contributed by atoms with Crippen molar-refractivity contribution >= 4 is 41.4 Å². The number of carbonyl (C=O) groups excluding carboxylic acids is 7. The number of benzene rings is 1. The number of likely N-dealkylation sites (N-methyl/N-ethyl adjacent to an activating group) is 1. The van der Waals surface area contributed by atoms with Crippen LogP contribution in [0.2, 0.25) is 0 Å². The van der Waals surface area contributed by atoms with Gasteiger partial charge < -0.3 is 45.7 Å². The van der Waals surface area contributed by atoms with Gasteiger partial charge in [-0.2, -0.15) is 0 Å². The maximum absolute atomic E-state index is 14.5. The second kappa shape index (κ2) is 27.1. The number of aliphatic hydroxyl groups excluding tert-OH is 2. The van der Waals surface area contributed by atoms with E-state index < -0.39 is 102 Å². The van der Waals surface area contributed by atoms with Crippen LogP contribution in [0.1, 0.15) is 126 Å². The number of hydrogen-bond donors (Lipinski definition) is 5. The van der Waals surface area contributed by atoms with Crippen LogP contribution >= 0.6 is 0 Å². The Hall–Kier alpha value is -4.61. The van der Waals surface area contributed by atoms with Gasteiger partial charge in [-0.25, -0.2) is 0 Å². The number of nitrogens with zero attached hydrogens (tertiary/aromatic N) is 2. The maximum Gasteiger partial charge on any atom is 0.324 e. The number of carbonyl (C=O) groups is 7. The Balaban J connectivity index is 2.35. The van der Waals surface area contributed by atoms with Gasteiger partial charge in [0.15, 0.2) is 11.9 Å². The molecule has 17 heteroatoms. The largest absolute Gasteiger partial charge is 0.497 e. The maximum atomic E-state index is 14.5. The number of rotatable bonds is 28. The van der Waals surface area contributed by atoms with E-state index in [1.54, 1.807) is 38.1 Å². The lowest BCUT2D eigenvalue weighted by Crippen LogP contribution is -2.59. The molecule has 0 saturated carbocycles. The third kappa shape index (κ3) is 18.0. The Morgan fingerprint density at radius 3 is 2.06 bits per heavy atom. The fourth-order valence-electron chi connectivity index (χ4n) is 7.81. The minimum absolute atomic E-state index is 0.0367. The zero-order valence-electron chi connectivity index (χ0n) is 40.8. The number of likely N-dealkylation sites (tertiary alicyclic amines) is 1. The highest BCUT2D eigenvalue weighted by Gasteiger charge is 2.43. The first kappa shape index (κ1) is 56.5. The summed E-state index contributed by atoms with van der Waals surface area (Å²) in [6.07, 6.45) is -2.03. The van der Waals surface area contributed by atoms with E-state index in [0.717, 1.165) is 6.42 Å². The van der Waals surface area contributed by atoms with Gasteiger partial charge in [-0.3, -0.25) is 38.5 Å². The molecule has 65 heavy (non-hydrogen) atoms. The highest BCUT2D eigenvalue weighted by Crippen LogP contribution is 2.27.